The molecule has 0 bridgehead atoms. The van der Waals surface area contributed by atoms with Crippen molar-refractivity contribution >= 4 is 11.6 Å². The lowest BCUT2D eigenvalue weighted by molar-refractivity contribution is 0.0523. The second kappa shape index (κ2) is 3.89. The van der Waals surface area contributed by atoms with Gasteiger partial charge in [0, 0.05) is 23.8 Å². The summed E-state index contributed by atoms with van der Waals surface area (Å²) in [7, 11) is 0. The van der Waals surface area contributed by atoms with Crippen molar-refractivity contribution in [3.8, 4) is 0 Å². The van der Waals surface area contributed by atoms with Crippen molar-refractivity contribution in [1.82, 2.24) is 0 Å². The summed E-state index contributed by atoms with van der Waals surface area (Å²) < 4.78 is 5.30. The normalized spacial score (nSPS) is 20.7. The number of nitrogens with two attached hydrogens (primary N) is 1. The van der Waals surface area contributed by atoms with Gasteiger partial charge in [-0.2, -0.15) is 0 Å². The van der Waals surface area contributed by atoms with Crippen LogP contribution in [0.3, 0.4) is 0 Å². The number of ether oxygens (including phenoxy) is 1. The minimum absolute atomic E-state index is 0.295. The van der Waals surface area contributed by atoms with Crippen molar-refractivity contribution in [2.45, 2.75) is 18.4 Å². The maximum absolute atomic E-state index is 6.32. The molecule has 0 atom stereocenters. The van der Waals surface area contributed by atoms with Crippen LogP contribution in [0.5, 0.6) is 0 Å². The summed E-state index contributed by atoms with van der Waals surface area (Å²) in [5.74, 6) is 0. The van der Waals surface area contributed by atoms with Crippen molar-refractivity contribution in [1.29, 1.82) is 0 Å². The van der Waals surface area contributed by atoms with Crippen LogP contribution in [0.1, 0.15) is 18.4 Å². The highest BCUT2D eigenvalue weighted by atomic mass is 35.5. The molecule has 1 saturated heterocycles. The van der Waals surface area contributed by atoms with Crippen LogP contribution in [0.2, 0.25) is 5.02 Å². The van der Waals surface area contributed by atoms with Gasteiger partial charge in [-0.05, 0) is 24.5 Å². The van der Waals surface area contributed by atoms with Crippen molar-refractivity contribution in [3.05, 3.63) is 34.9 Å². The number of benzene rings is 1. The fourth-order valence-electron chi connectivity index (χ4n) is 1.87. The predicted octanol–water partition coefficient (Wildman–Crippen LogP) is 2.30. The van der Waals surface area contributed by atoms with Gasteiger partial charge in [0.2, 0.25) is 0 Å². The summed E-state index contributed by atoms with van der Waals surface area (Å²) in [4.78, 5) is 0. The van der Waals surface area contributed by atoms with Gasteiger partial charge in [-0.1, -0.05) is 29.8 Å². The quantitative estimate of drug-likeness (QED) is 0.774. The van der Waals surface area contributed by atoms with E-state index >= 15 is 0 Å². The van der Waals surface area contributed by atoms with Gasteiger partial charge in [0.1, 0.15) is 0 Å². The molecule has 1 aliphatic rings. The second-order valence-corrected chi connectivity index (χ2v) is 4.16. The van der Waals surface area contributed by atoms with Crippen molar-refractivity contribution < 1.29 is 4.74 Å². The van der Waals surface area contributed by atoms with Gasteiger partial charge >= 0.3 is 0 Å². The Morgan fingerprint density at radius 3 is 2.50 bits per heavy atom. The third kappa shape index (κ3) is 1.78. The Bertz CT molecular complexity index is 321. The molecule has 2 rings (SSSR count). The first-order chi connectivity index (χ1) is 6.72. The first-order valence-corrected chi connectivity index (χ1v) is 5.22. The minimum atomic E-state index is -0.295. The smallest absolute Gasteiger partial charge is 0.0486 e. The fourth-order valence-corrected chi connectivity index (χ4v) is 2.19. The summed E-state index contributed by atoms with van der Waals surface area (Å²) in [6, 6.07) is 7.80. The van der Waals surface area contributed by atoms with E-state index in [0.717, 1.165) is 36.6 Å². The van der Waals surface area contributed by atoms with Crippen LogP contribution in [0.15, 0.2) is 24.3 Å². The molecule has 2 N–H and O–H groups in total. The van der Waals surface area contributed by atoms with E-state index in [-0.39, 0.29) is 5.54 Å². The Kier molecular flexibility index (Phi) is 2.77. The van der Waals surface area contributed by atoms with E-state index in [1.807, 2.05) is 24.3 Å². The lowest BCUT2D eigenvalue weighted by Crippen LogP contribution is -2.42. The molecule has 1 fully saturated rings. The van der Waals surface area contributed by atoms with Crippen LogP contribution in [-0.2, 0) is 10.3 Å². The topological polar surface area (TPSA) is 35.2 Å². The Morgan fingerprint density at radius 1 is 1.21 bits per heavy atom. The molecule has 0 unspecified atom stereocenters. The van der Waals surface area contributed by atoms with E-state index in [0.29, 0.717) is 0 Å². The van der Waals surface area contributed by atoms with Gasteiger partial charge in [-0.3, -0.25) is 0 Å². The standard InChI is InChI=1S/C11H14ClNO/c12-10-4-2-1-3-9(10)11(13)5-7-14-8-6-11/h1-4H,5-8,13H2. The highest BCUT2D eigenvalue weighted by molar-refractivity contribution is 6.31. The van der Waals surface area contributed by atoms with Crippen LogP contribution in [-0.4, -0.2) is 13.2 Å². The molecule has 0 aliphatic carbocycles. The average Bonchev–Trinajstić information content (AvgIpc) is 2.19. The molecule has 1 heterocycles. The van der Waals surface area contributed by atoms with Crippen molar-refractivity contribution in [2.24, 2.45) is 5.73 Å². The molecule has 1 aromatic carbocycles. The first kappa shape index (κ1) is 9.97. The maximum atomic E-state index is 6.32. The number of rotatable bonds is 1. The van der Waals surface area contributed by atoms with Gasteiger partial charge in [-0.15, -0.1) is 0 Å². The molecular weight excluding hydrogens is 198 g/mol. The van der Waals surface area contributed by atoms with Crippen LogP contribution >= 0.6 is 11.6 Å². The van der Waals surface area contributed by atoms with E-state index in [4.69, 9.17) is 22.1 Å². The summed E-state index contributed by atoms with van der Waals surface area (Å²) in [5, 5.41) is 0.761. The lowest BCUT2D eigenvalue weighted by atomic mass is 9.84. The minimum Gasteiger partial charge on any atom is -0.381 e. The Labute approximate surface area is 89.0 Å². The van der Waals surface area contributed by atoms with Gasteiger partial charge in [0.05, 0.1) is 0 Å². The predicted molar refractivity (Wildman–Crippen MR) is 57.4 cm³/mol. The molecule has 0 radical (unpaired) electrons. The molecule has 1 aromatic rings. The van der Waals surface area contributed by atoms with Gasteiger partial charge in [0.15, 0.2) is 0 Å². The van der Waals surface area contributed by atoms with Gasteiger partial charge < -0.3 is 10.5 Å². The fraction of sp³-hybridized carbons (Fsp3) is 0.455. The molecule has 0 aromatic heterocycles. The number of hydrogen-bond acceptors (Lipinski definition) is 2. The largest absolute Gasteiger partial charge is 0.381 e. The Hall–Kier alpha value is -0.570. The van der Waals surface area contributed by atoms with Crippen LogP contribution in [0, 0.1) is 0 Å². The molecule has 0 saturated carbocycles. The zero-order valence-corrected chi connectivity index (χ0v) is 8.76. The van der Waals surface area contributed by atoms with Crippen LogP contribution in [0.4, 0.5) is 0 Å². The number of hydrogen-bond donors (Lipinski definition) is 1. The Morgan fingerprint density at radius 2 is 1.86 bits per heavy atom. The summed E-state index contributed by atoms with van der Waals surface area (Å²) in [6.07, 6.45) is 1.69. The molecule has 0 spiro atoms. The van der Waals surface area contributed by atoms with E-state index in [1.165, 1.54) is 0 Å². The van der Waals surface area contributed by atoms with Crippen LogP contribution in [0.25, 0.3) is 0 Å². The maximum Gasteiger partial charge on any atom is 0.0486 e. The molecule has 3 heteroatoms. The molecule has 0 amide bonds. The van der Waals surface area contributed by atoms with Crippen molar-refractivity contribution in [3.63, 3.8) is 0 Å². The van der Waals surface area contributed by atoms with Crippen LogP contribution < -0.4 is 5.73 Å². The molecule has 76 valence electrons. The van der Waals surface area contributed by atoms with E-state index in [2.05, 4.69) is 0 Å². The lowest BCUT2D eigenvalue weighted by Gasteiger charge is -2.34. The monoisotopic (exact) mass is 211 g/mol. The highest BCUT2D eigenvalue weighted by Gasteiger charge is 2.31. The molecule has 1 aliphatic heterocycles. The third-order valence-corrected chi connectivity index (χ3v) is 3.12. The Balaban J connectivity index is 2.32. The first-order valence-electron chi connectivity index (χ1n) is 4.84. The molecule has 2 nitrogen and oxygen atoms in total. The zero-order valence-electron chi connectivity index (χ0n) is 8.00. The number of halogens is 1. The average molecular weight is 212 g/mol. The molecule has 14 heavy (non-hydrogen) atoms. The van der Waals surface area contributed by atoms with Crippen molar-refractivity contribution in [2.75, 3.05) is 13.2 Å². The van der Waals surface area contributed by atoms with Gasteiger partial charge in [0.25, 0.3) is 0 Å². The second-order valence-electron chi connectivity index (χ2n) is 3.75. The SMILES string of the molecule is NC1(c2ccccc2Cl)CCOCC1. The van der Waals surface area contributed by atoms with E-state index < -0.39 is 0 Å². The van der Waals surface area contributed by atoms with E-state index in [9.17, 15) is 0 Å². The zero-order chi connectivity index (χ0) is 10.0. The van der Waals surface area contributed by atoms with E-state index in [1.54, 1.807) is 0 Å². The van der Waals surface area contributed by atoms with Gasteiger partial charge in [-0.25, -0.2) is 0 Å². The molecular formula is C11H14ClNO. The summed E-state index contributed by atoms with van der Waals surface area (Å²) >= 11 is 6.13. The summed E-state index contributed by atoms with van der Waals surface area (Å²) in [5.41, 5.74) is 7.07. The summed E-state index contributed by atoms with van der Waals surface area (Å²) in [6.45, 7) is 1.45. The highest BCUT2D eigenvalue weighted by Crippen LogP contribution is 2.33. The third-order valence-electron chi connectivity index (χ3n) is 2.80.